The van der Waals surface area contributed by atoms with E-state index in [9.17, 15) is 13.2 Å². The second kappa shape index (κ2) is 6.81. The summed E-state index contributed by atoms with van der Waals surface area (Å²) in [5.41, 5.74) is 1.20. The number of hydrogen-bond donors (Lipinski definition) is 2. The topological polar surface area (TPSA) is 75.3 Å². The summed E-state index contributed by atoms with van der Waals surface area (Å²) in [4.78, 5) is 12.0. The van der Waals surface area contributed by atoms with Gasteiger partial charge in [-0.2, -0.15) is 0 Å². The Kier molecular flexibility index (Phi) is 5.05. The van der Waals surface area contributed by atoms with Crippen molar-refractivity contribution >= 4 is 33.2 Å². The zero-order valence-electron chi connectivity index (χ0n) is 11.8. The van der Waals surface area contributed by atoms with Crippen LogP contribution in [0.3, 0.4) is 0 Å². The summed E-state index contributed by atoms with van der Waals surface area (Å²) in [7, 11) is -3.36. The number of carbonyl (C=O) groups excluding carboxylic acids is 1. The van der Waals surface area contributed by atoms with E-state index in [1.807, 2.05) is 30.3 Å². The van der Waals surface area contributed by atoms with E-state index in [2.05, 4.69) is 10.6 Å². The molecule has 116 valence electrons. The molecule has 0 spiro atoms. The average Bonchev–Trinajstić information content (AvgIpc) is 2.47. The molecule has 0 fully saturated rings. The maximum absolute atomic E-state index is 11.9. The lowest BCUT2D eigenvalue weighted by Gasteiger charge is -2.10. The Balaban J connectivity index is 2.05. The van der Waals surface area contributed by atoms with Gasteiger partial charge in [0.25, 0.3) is 0 Å². The molecule has 2 N–H and O–H groups in total. The fraction of sp³-hybridized carbons (Fsp3) is 0.133. The number of carbonyl (C=O) groups is 1. The number of urea groups is 1. The minimum Gasteiger partial charge on any atom is -0.334 e. The van der Waals surface area contributed by atoms with Crippen LogP contribution in [0.1, 0.15) is 5.56 Å². The number of sulfone groups is 1. The first kappa shape index (κ1) is 16.3. The molecule has 0 saturated carbocycles. The number of anilines is 1. The van der Waals surface area contributed by atoms with Crippen molar-refractivity contribution in [3.8, 4) is 0 Å². The Hall–Kier alpha value is -2.05. The van der Waals surface area contributed by atoms with Crippen LogP contribution in [0.4, 0.5) is 10.5 Å². The maximum Gasteiger partial charge on any atom is 0.319 e. The predicted molar refractivity (Wildman–Crippen MR) is 86.9 cm³/mol. The van der Waals surface area contributed by atoms with Crippen LogP contribution in [0, 0.1) is 0 Å². The molecule has 0 aromatic heterocycles. The van der Waals surface area contributed by atoms with Crippen LogP contribution in [0.5, 0.6) is 0 Å². The van der Waals surface area contributed by atoms with Crippen molar-refractivity contribution in [2.24, 2.45) is 0 Å². The van der Waals surface area contributed by atoms with Gasteiger partial charge in [-0.1, -0.05) is 41.9 Å². The zero-order chi connectivity index (χ0) is 16.2. The highest BCUT2D eigenvalue weighted by Crippen LogP contribution is 2.25. The lowest BCUT2D eigenvalue weighted by atomic mass is 10.2. The van der Waals surface area contributed by atoms with Gasteiger partial charge in [0.2, 0.25) is 0 Å². The molecule has 5 nitrogen and oxygen atoms in total. The van der Waals surface area contributed by atoms with Gasteiger partial charge in [-0.05, 0) is 23.8 Å². The second-order valence-corrected chi connectivity index (χ2v) is 7.13. The molecule has 2 rings (SSSR count). The third kappa shape index (κ3) is 4.47. The van der Waals surface area contributed by atoms with Crippen molar-refractivity contribution in [2.75, 3.05) is 11.6 Å². The lowest BCUT2D eigenvalue weighted by Crippen LogP contribution is -2.28. The third-order valence-corrected chi connectivity index (χ3v) is 4.35. The first-order valence-electron chi connectivity index (χ1n) is 6.44. The lowest BCUT2D eigenvalue weighted by molar-refractivity contribution is 0.251. The van der Waals surface area contributed by atoms with Crippen LogP contribution in [0.25, 0.3) is 0 Å². The van der Waals surface area contributed by atoms with E-state index in [-0.39, 0.29) is 15.6 Å². The average molecular weight is 339 g/mol. The quantitative estimate of drug-likeness (QED) is 0.899. The van der Waals surface area contributed by atoms with Crippen LogP contribution in [0.2, 0.25) is 5.02 Å². The van der Waals surface area contributed by atoms with E-state index in [0.717, 1.165) is 11.8 Å². The van der Waals surface area contributed by atoms with Crippen molar-refractivity contribution in [3.05, 3.63) is 59.1 Å². The maximum atomic E-state index is 11.9. The molecule has 0 saturated heterocycles. The molecule has 2 amide bonds. The predicted octanol–water partition coefficient (Wildman–Crippen LogP) is 3.07. The van der Waals surface area contributed by atoms with Gasteiger partial charge in [0, 0.05) is 12.8 Å². The monoisotopic (exact) mass is 338 g/mol. The van der Waals surface area contributed by atoms with E-state index >= 15 is 0 Å². The highest BCUT2D eigenvalue weighted by molar-refractivity contribution is 7.90. The number of halogens is 1. The number of benzene rings is 2. The third-order valence-electron chi connectivity index (χ3n) is 2.91. The molecule has 2 aromatic rings. The highest BCUT2D eigenvalue weighted by atomic mass is 35.5. The zero-order valence-corrected chi connectivity index (χ0v) is 13.4. The fourth-order valence-corrected chi connectivity index (χ4v) is 2.59. The molecule has 0 aliphatic carbocycles. The van der Waals surface area contributed by atoms with Crippen LogP contribution >= 0.6 is 11.6 Å². The Morgan fingerprint density at radius 2 is 1.82 bits per heavy atom. The van der Waals surface area contributed by atoms with Crippen molar-refractivity contribution in [3.63, 3.8) is 0 Å². The van der Waals surface area contributed by atoms with Gasteiger partial charge in [-0.15, -0.1) is 0 Å². The standard InChI is InChI=1S/C15H15ClN2O3S/c1-22(20,21)12-7-8-13(16)14(9-12)18-15(19)17-10-11-5-3-2-4-6-11/h2-9H,10H2,1H3,(H2,17,18,19). The number of nitrogens with one attached hydrogen (secondary N) is 2. The Labute approximate surface area is 134 Å². The number of rotatable bonds is 4. The van der Waals surface area contributed by atoms with Crippen LogP contribution in [0.15, 0.2) is 53.4 Å². The van der Waals surface area contributed by atoms with Crippen molar-refractivity contribution in [1.29, 1.82) is 0 Å². The van der Waals surface area contributed by atoms with Gasteiger partial charge in [-0.25, -0.2) is 13.2 Å². The second-order valence-electron chi connectivity index (χ2n) is 4.71. The van der Waals surface area contributed by atoms with Crippen LogP contribution in [-0.2, 0) is 16.4 Å². The summed E-state index contributed by atoms with van der Waals surface area (Å²) in [6.07, 6.45) is 1.09. The van der Waals surface area contributed by atoms with Gasteiger partial charge in [0.15, 0.2) is 9.84 Å². The molecule has 0 aliphatic heterocycles. The minimum atomic E-state index is -3.36. The molecular formula is C15H15ClN2O3S. The largest absolute Gasteiger partial charge is 0.334 e. The van der Waals surface area contributed by atoms with Gasteiger partial charge in [-0.3, -0.25) is 0 Å². The minimum absolute atomic E-state index is 0.0928. The fourth-order valence-electron chi connectivity index (χ4n) is 1.78. The summed E-state index contributed by atoms with van der Waals surface area (Å²) in [5, 5.41) is 5.49. The van der Waals surface area contributed by atoms with E-state index < -0.39 is 15.9 Å². The van der Waals surface area contributed by atoms with E-state index in [1.54, 1.807) is 0 Å². The SMILES string of the molecule is CS(=O)(=O)c1ccc(Cl)c(NC(=O)NCc2ccccc2)c1. The van der Waals surface area contributed by atoms with Crippen molar-refractivity contribution < 1.29 is 13.2 Å². The van der Waals surface area contributed by atoms with Gasteiger partial charge < -0.3 is 10.6 Å². The molecule has 0 bridgehead atoms. The first-order chi connectivity index (χ1) is 10.4. The molecule has 0 radical (unpaired) electrons. The summed E-state index contributed by atoms with van der Waals surface area (Å²) in [6.45, 7) is 0.357. The van der Waals surface area contributed by atoms with E-state index in [0.29, 0.717) is 6.54 Å². The Bertz CT molecular complexity index is 777. The summed E-state index contributed by atoms with van der Waals surface area (Å²) >= 11 is 5.97. The van der Waals surface area contributed by atoms with E-state index in [1.165, 1.54) is 18.2 Å². The molecule has 0 aliphatic rings. The summed E-state index contributed by atoms with van der Waals surface area (Å²) in [6, 6.07) is 13.1. The molecule has 2 aromatic carbocycles. The number of amides is 2. The summed E-state index contributed by atoms with van der Waals surface area (Å²) in [5.74, 6) is 0. The van der Waals surface area contributed by atoms with Gasteiger partial charge >= 0.3 is 6.03 Å². The van der Waals surface area contributed by atoms with Crippen molar-refractivity contribution in [1.82, 2.24) is 5.32 Å². The molecule has 7 heteroatoms. The van der Waals surface area contributed by atoms with Gasteiger partial charge in [0.05, 0.1) is 15.6 Å². The molecule has 0 heterocycles. The van der Waals surface area contributed by atoms with Crippen molar-refractivity contribution in [2.45, 2.75) is 11.4 Å². The number of hydrogen-bond acceptors (Lipinski definition) is 3. The van der Waals surface area contributed by atoms with Crippen LogP contribution < -0.4 is 10.6 Å². The molecule has 0 atom stereocenters. The molecule has 22 heavy (non-hydrogen) atoms. The van der Waals surface area contributed by atoms with Gasteiger partial charge in [0.1, 0.15) is 0 Å². The molecule has 0 unspecified atom stereocenters. The normalized spacial score (nSPS) is 11.0. The smallest absolute Gasteiger partial charge is 0.319 e. The molecular weight excluding hydrogens is 324 g/mol. The summed E-state index contributed by atoms with van der Waals surface area (Å²) < 4.78 is 23.0. The van der Waals surface area contributed by atoms with E-state index in [4.69, 9.17) is 11.6 Å². The Morgan fingerprint density at radius 1 is 1.14 bits per heavy atom. The first-order valence-corrected chi connectivity index (χ1v) is 8.71. The highest BCUT2D eigenvalue weighted by Gasteiger charge is 2.12. The Morgan fingerprint density at radius 3 is 2.45 bits per heavy atom. The van der Waals surface area contributed by atoms with Crippen LogP contribution in [-0.4, -0.2) is 20.7 Å².